The summed E-state index contributed by atoms with van der Waals surface area (Å²) in [5.41, 5.74) is 2.32. The minimum atomic E-state index is -1.59. The molecule has 1 amide bonds. The number of carbonyl (C=O) groups is 1. The van der Waals surface area contributed by atoms with Crippen LogP contribution in [0.3, 0.4) is 0 Å². The molecule has 3 aromatic carbocycles. The average molecular weight is 591 g/mol. The van der Waals surface area contributed by atoms with Crippen LogP contribution >= 0.6 is 23.4 Å². The maximum absolute atomic E-state index is 13.6. The van der Waals surface area contributed by atoms with Crippen molar-refractivity contribution in [3.8, 4) is 0 Å². The first-order chi connectivity index (χ1) is 19.1. The third-order valence-electron chi connectivity index (χ3n) is 6.44. The number of thioether (sulfide) groups is 1. The first kappa shape index (κ1) is 31.6. The number of hydrogen-bond acceptors (Lipinski definition) is 4. The van der Waals surface area contributed by atoms with Gasteiger partial charge in [-0.25, -0.2) is 13.2 Å². The van der Waals surface area contributed by atoms with Crippen LogP contribution in [0.2, 0.25) is 5.02 Å². The summed E-state index contributed by atoms with van der Waals surface area (Å²) in [7, 11) is 0. The van der Waals surface area contributed by atoms with Gasteiger partial charge in [-0.15, -0.1) is 11.8 Å². The number of hydrogen-bond donors (Lipinski definition) is 1. The van der Waals surface area contributed by atoms with Crippen molar-refractivity contribution in [3.05, 3.63) is 93.8 Å². The van der Waals surface area contributed by atoms with E-state index < -0.39 is 23.4 Å². The van der Waals surface area contributed by atoms with Gasteiger partial charge in [-0.05, 0) is 55.4 Å². The molecular weight excluding hydrogens is 557 g/mol. The molecule has 0 radical (unpaired) electrons. The summed E-state index contributed by atoms with van der Waals surface area (Å²) in [5.74, 6) is -4.45. The Balaban J connectivity index is 1.68. The van der Waals surface area contributed by atoms with E-state index in [9.17, 15) is 18.0 Å². The lowest BCUT2D eigenvalue weighted by atomic mass is 9.95. The maximum Gasteiger partial charge on any atom is 0.255 e. The van der Waals surface area contributed by atoms with Crippen molar-refractivity contribution in [1.29, 1.82) is 0 Å². The van der Waals surface area contributed by atoms with Crippen molar-refractivity contribution >= 4 is 41.2 Å². The fourth-order valence-electron chi connectivity index (χ4n) is 4.14. The van der Waals surface area contributed by atoms with Crippen LogP contribution in [0.1, 0.15) is 61.5 Å². The predicted molar refractivity (Wildman–Crippen MR) is 158 cm³/mol. The minimum absolute atomic E-state index is 0.128. The Morgan fingerprint density at radius 1 is 1.07 bits per heavy atom. The van der Waals surface area contributed by atoms with E-state index in [4.69, 9.17) is 16.4 Å². The molecule has 0 heterocycles. The highest BCUT2D eigenvalue weighted by atomic mass is 35.5. The lowest BCUT2D eigenvalue weighted by Gasteiger charge is -2.25. The summed E-state index contributed by atoms with van der Waals surface area (Å²) in [4.78, 5) is 19.0. The number of oxime groups is 1. The standard InChI is InChI=1S/C31H34ClF3N2O2S/c1-5-6-21(4)28(13-20(3)17-36-39-18-22-9-7-19(2)8-10-22)40-29-14-23(11-12-25(29)32)31(38)37-24-15-26(33)30(35)27(34)16-24/h7-12,14-17,20-21,28H,5-6,13,18H2,1-4H3,(H,37,38)/b36-17+. The van der Waals surface area contributed by atoms with Gasteiger partial charge >= 0.3 is 0 Å². The summed E-state index contributed by atoms with van der Waals surface area (Å²) in [6.07, 6.45) is 4.67. The fraction of sp³-hybridized carbons (Fsp3) is 0.355. The van der Waals surface area contributed by atoms with Gasteiger partial charge in [0.2, 0.25) is 0 Å². The van der Waals surface area contributed by atoms with Crippen molar-refractivity contribution < 1.29 is 22.8 Å². The highest BCUT2D eigenvalue weighted by molar-refractivity contribution is 8.00. The van der Waals surface area contributed by atoms with Crippen LogP contribution in [0.4, 0.5) is 18.9 Å². The maximum atomic E-state index is 13.6. The Labute approximate surface area is 243 Å². The molecule has 1 N–H and O–H groups in total. The van der Waals surface area contributed by atoms with E-state index in [0.29, 0.717) is 17.5 Å². The highest BCUT2D eigenvalue weighted by Gasteiger charge is 2.22. The molecule has 0 saturated carbocycles. The molecule has 214 valence electrons. The third-order valence-corrected chi connectivity index (χ3v) is 8.43. The van der Waals surface area contributed by atoms with Gasteiger partial charge in [-0.2, -0.15) is 0 Å². The average Bonchev–Trinajstić information content (AvgIpc) is 2.91. The van der Waals surface area contributed by atoms with E-state index in [2.05, 4.69) is 31.2 Å². The van der Waals surface area contributed by atoms with Gasteiger partial charge in [0.25, 0.3) is 5.91 Å². The van der Waals surface area contributed by atoms with Gasteiger partial charge in [-0.1, -0.05) is 73.8 Å². The quantitative estimate of drug-likeness (QED) is 0.0933. The number of halogens is 4. The Hall–Kier alpha value is -2.97. The van der Waals surface area contributed by atoms with Crippen LogP contribution in [0.5, 0.6) is 0 Å². The molecule has 3 rings (SSSR count). The van der Waals surface area contributed by atoms with Gasteiger partial charge in [0.15, 0.2) is 17.5 Å². The van der Waals surface area contributed by atoms with E-state index in [1.165, 1.54) is 11.6 Å². The molecule has 4 nitrogen and oxygen atoms in total. The lowest BCUT2D eigenvalue weighted by molar-refractivity contribution is 0.102. The minimum Gasteiger partial charge on any atom is -0.391 e. The number of anilines is 1. The van der Waals surface area contributed by atoms with E-state index in [0.717, 1.165) is 41.9 Å². The van der Waals surface area contributed by atoms with Gasteiger partial charge in [0, 0.05) is 39.7 Å². The molecular formula is C31H34ClF3N2O2S. The number of amides is 1. The second kappa shape index (κ2) is 15.1. The van der Waals surface area contributed by atoms with Crippen LogP contribution in [0, 0.1) is 36.2 Å². The number of carbonyl (C=O) groups excluding carboxylic acids is 1. The molecule has 0 spiro atoms. The summed E-state index contributed by atoms with van der Waals surface area (Å²) in [6.45, 7) is 8.85. The molecule has 3 atom stereocenters. The van der Waals surface area contributed by atoms with Gasteiger partial charge in [0.1, 0.15) is 6.61 Å². The number of nitrogens with zero attached hydrogens (tertiary/aromatic N) is 1. The van der Waals surface area contributed by atoms with Gasteiger partial charge < -0.3 is 10.2 Å². The smallest absolute Gasteiger partial charge is 0.255 e. The van der Waals surface area contributed by atoms with Crippen molar-refractivity contribution in [3.63, 3.8) is 0 Å². The number of benzene rings is 3. The molecule has 0 aliphatic rings. The van der Waals surface area contributed by atoms with E-state index in [1.54, 1.807) is 23.9 Å². The third kappa shape index (κ3) is 9.30. The number of nitrogens with one attached hydrogen (secondary N) is 1. The Bertz CT molecular complexity index is 1300. The molecule has 9 heteroatoms. The highest BCUT2D eigenvalue weighted by Crippen LogP contribution is 2.38. The summed E-state index contributed by atoms with van der Waals surface area (Å²) >= 11 is 8.10. The van der Waals surface area contributed by atoms with E-state index in [-0.39, 0.29) is 22.4 Å². The van der Waals surface area contributed by atoms with Gasteiger partial charge in [-0.3, -0.25) is 4.79 Å². The number of aryl methyl sites for hydroxylation is 1. The van der Waals surface area contributed by atoms with E-state index >= 15 is 0 Å². The lowest BCUT2D eigenvalue weighted by Crippen LogP contribution is -2.19. The molecule has 0 saturated heterocycles. The molecule has 0 aliphatic heterocycles. The van der Waals surface area contributed by atoms with Crippen molar-refractivity contribution in [2.45, 2.75) is 63.7 Å². The van der Waals surface area contributed by atoms with Crippen LogP contribution < -0.4 is 5.32 Å². The molecule has 40 heavy (non-hydrogen) atoms. The van der Waals surface area contributed by atoms with Gasteiger partial charge in [0.05, 0.1) is 5.02 Å². The first-order valence-corrected chi connectivity index (χ1v) is 14.5. The SMILES string of the molecule is CCCC(C)C(CC(C)/C=N/OCc1ccc(C)cc1)Sc1cc(C(=O)Nc2cc(F)c(F)c(F)c2)ccc1Cl. The van der Waals surface area contributed by atoms with E-state index in [1.807, 2.05) is 37.4 Å². The molecule has 0 aliphatic carbocycles. The topological polar surface area (TPSA) is 50.7 Å². The Morgan fingerprint density at radius 2 is 1.75 bits per heavy atom. The van der Waals surface area contributed by atoms with Crippen LogP contribution in [-0.2, 0) is 11.4 Å². The van der Waals surface area contributed by atoms with Crippen LogP contribution in [0.15, 0.2) is 64.6 Å². The van der Waals surface area contributed by atoms with Crippen molar-refractivity contribution in [2.24, 2.45) is 17.0 Å². The number of rotatable bonds is 13. The second-order valence-corrected chi connectivity index (χ2v) is 11.7. The molecule has 0 bridgehead atoms. The van der Waals surface area contributed by atoms with Crippen molar-refractivity contribution in [2.75, 3.05) is 5.32 Å². The van der Waals surface area contributed by atoms with Crippen LogP contribution in [0.25, 0.3) is 0 Å². The molecule has 0 aromatic heterocycles. The monoisotopic (exact) mass is 590 g/mol. The second-order valence-electron chi connectivity index (χ2n) is 10.0. The molecule has 3 aromatic rings. The van der Waals surface area contributed by atoms with Crippen LogP contribution in [-0.4, -0.2) is 17.4 Å². The largest absolute Gasteiger partial charge is 0.391 e. The first-order valence-electron chi connectivity index (χ1n) is 13.2. The Morgan fingerprint density at radius 3 is 2.40 bits per heavy atom. The Kier molecular flexibility index (Phi) is 11.9. The fourth-order valence-corrected chi connectivity index (χ4v) is 5.86. The zero-order valence-electron chi connectivity index (χ0n) is 23.0. The summed E-state index contributed by atoms with van der Waals surface area (Å²) < 4.78 is 40.4. The normalized spacial score (nSPS) is 13.7. The summed E-state index contributed by atoms with van der Waals surface area (Å²) in [6, 6.07) is 14.4. The molecule has 3 unspecified atom stereocenters. The molecule has 0 fully saturated rings. The van der Waals surface area contributed by atoms with Crippen molar-refractivity contribution in [1.82, 2.24) is 0 Å². The predicted octanol–water partition coefficient (Wildman–Crippen LogP) is 9.44. The zero-order chi connectivity index (χ0) is 29.2. The summed E-state index contributed by atoms with van der Waals surface area (Å²) in [5, 5.41) is 7.27. The zero-order valence-corrected chi connectivity index (χ0v) is 24.6.